The molecule has 0 aliphatic heterocycles. The van der Waals surface area contributed by atoms with Gasteiger partial charge in [0, 0.05) is 19.1 Å². The highest BCUT2D eigenvalue weighted by molar-refractivity contribution is 6.30. The fraction of sp³-hybridized carbons (Fsp3) is 0.182. The van der Waals surface area contributed by atoms with Crippen molar-refractivity contribution >= 4 is 17.7 Å². The Morgan fingerprint density at radius 3 is 2.71 bits per heavy atom. The van der Waals surface area contributed by atoms with Gasteiger partial charge in [0.25, 0.3) is 0 Å². The molecule has 0 spiro atoms. The summed E-state index contributed by atoms with van der Waals surface area (Å²) in [6.07, 6.45) is 3.75. The Hall–Kier alpha value is -1.46. The second kappa shape index (κ2) is 4.69. The van der Waals surface area contributed by atoms with E-state index in [4.69, 9.17) is 16.9 Å². The quantitative estimate of drug-likeness (QED) is 0.744. The largest absolute Gasteiger partial charge is 0.383 e. The van der Waals surface area contributed by atoms with Crippen LogP contribution in [0.5, 0.6) is 0 Å². The molecule has 14 heavy (non-hydrogen) atoms. The van der Waals surface area contributed by atoms with Gasteiger partial charge in [-0.15, -0.1) is 0 Å². The molecule has 0 radical (unpaired) electrons. The van der Waals surface area contributed by atoms with Gasteiger partial charge in [0.15, 0.2) is 0 Å². The molecule has 0 heterocycles. The summed E-state index contributed by atoms with van der Waals surface area (Å²) < 4.78 is 0. The van der Waals surface area contributed by atoms with E-state index in [9.17, 15) is 0 Å². The molecule has 0 unspecified atom stereocenters. The van der Waals surface area contributed by atoms with Crippen LogP contribution in [0.25, 0.3) is 6.08 Å². The summed E-state index contributed by atoms with van der Waals surface area (Å²) in [7, 11) is 3.85. The third-order valence-corrected chi connectivity index (χ3v) is 1.92. The molecule has 1 aromatic rings. The van der Waals surface area contributed by atoms with Gasteiger partial charge in [-0.3, -0.25) is 0 Å². The van der Waals surface area contributed by atoms with E-state index in [2.05, 4.69) is 6.07 Å². The molecule has 0 fully saturated rings. The van der Waals surface area contributed by atoms with E-state index in [0.717, 1.165) is 5.56 Å². The van der Waals surface area contributed by atoms with Gasteiger partial charge in [-0.1, -0.05) is 11.6 Å². The van der Waals surface area contributed by atoms with Crippen LogP contribution in [0.4, 0.5) is 0 Å². The first-order valence-corrected chi connectivity index (χ1v) is 4.55. The summed E-state index contributed by atoms with van der Waals surface area (Å²) in [6, 6.07) is 7.33. The summed E-state index contributed by atoms with van der Waals surface area (Å²) in [6.45, 7) is 0. The summed E-state index contributed by atoms with van der Waals surface area (Å²) in [4.78, 5) is 1.90. The van der Waals surface area contributed by atoms with Gasteiger partial charge in [-0.2, -0.15) is 5.26 Å². The van der Waals surface area contributed by atoms with Crippen LogP contribution < -0.4 is 0 Å². The SMILES string of the molecule is CN(C)C=Cc1cc(Cl)ccc1C#N. The van der Waals surface area contributed by atoms with Crippen LogP contribution in [-0.4, -0.2) is 19.0 Å². The second-order valence-corrected chi connectivity index (χ2v) is 3.56. The van der Waals surface area contributed by atoms with Crippen molar-refractivity contribution in [3.63, 3.8) is 0 Å². The molecule has 0 saturated heterocycles. The Bertz CT molecular complexity index is 389. The minimum Gasteiger partial charge on any atom is -0.383 e. The highest BCUT2D eigenvalue weighted by atomic mass is 35.5. The smallest absolute Gasteiger partial charge is 0.0997 e. The monoisotopic (exact) mass is 206 g/mol. The molecule has 0 atom stereocenters. The van der Waals surface area contributed by atoms with Crippen molar-refractivity contribution in [1.82, 2.24) is 4.90 Å². The first kappa shape index (κ1) is 10.6. The van der Waals surface area contributed by atoms with E-state index in [-0.39, 0.29) is 0 Å². The molecule has 72 valence electrons. The zero-order valence-electron chi connectivity index (χ0n) is 8.16. The van der Waals surface area contributed by atoms with E-state index in [1.807, 2.05) is 31.3 Å². The van der Waals surface area contributed by atoms with Crippen molar-refractivity contribution in [2.75, 3.05) is 14.1 Å². The van der Waals surface area contributed by atoms with Crippen molar-refractivity contribution in [2.24, 2.45) is 0 Å². The molecule has 0 saturated carbocycles. The zero-order valence-corrected chi connectivity index (χ0v) is 8.92. The molecule has 1 rings (SSSR count). The van der Waals surface area contributed by atoms with Crippen LogP contribution >= 0.6 is 11.6 Å². The van der Waals surface area contributed by atoms with Crippen LogP contribution in [0.15, 0.2) is 24.4 Å². The number of rotatable bonds is 2. The molecule has 3 heteroatoms. The summed E-state index contributed by atoms with van der Waals surface area (Å²) in [5.41, 5.74) is 1.47. The lowest BCUT2D eigenvalue weighted by Crippen LogP contribution is -1.99. The predicted octanol–water partition coefficient (Wildman–Crippen LogP) is 2.74. The number of nitriles is 1. The maximum Gasteiger partial charge on any atom is 0.0997 e. The second-order valence-electron chi connectivity index (χ2n) is 3.12. The molecule has 0 N–H and O–H groups in total. The van der Waals surface area contributed by atoms with Crippen molar-refractivity contribution in [2.45, 2.75) is 0 Å². The number of halogens is 1. The summed E-state index contributed by atoms with van der Waals surface area (Å²) in [5.74, 6) is 0. The van der Waals surface area contributed by atoms with Crippen LogP contribution in [-0.2, 0) is 0 Å². The number of nitrogens with zero attached hydrogens (tertiary/aromatic N) is 2. The Morgan fingerprint density at radius 2 is 2.14 bits per heavy atom. The minimum absolute atomic E-state index is 0.632. The third kappa shape index (κ3) is 2.79. The fourth-order valence-corrected chi connectivity index (χ4v) is 1.18. The molecule has 0 aromatic heterocycles. The topological polar surface area (TPSA) is 27.0 Å². The highest BCUT2D eigenvalue weighted by Crippen LogP contribution is 2.16. The average Bonchev–Trinajstić information content (AvgIpc) is 2.15. The van der Waals surface area contributed by atoms with Crippen molar-refractivity contribution < 1.29 is 0 Å². The maximum absolute atomic E-state index is 8.83. The third-order valence-electron chi connectivity index (χ3n) is 1.69. The summed E-state index contributed by atoms with van der Waals surface area (Å²) >= 11 is 5.83. The van der Waals surface area contributed by atoms with Crippen LogP contribution in [0.2, 0.25) is 5.02 Å². The number of benzene rings is 1. The average molecular weight is 207 g/mol. The van der Waals surface area contributed by atoms with Gasteiger partial charge in [-0.25, -0.2) is 0 Å². The van der Waals surface area contributed by atoms with Gasteiger partial charge >= 0.3 is 0 Å². The van der Waals surface area contributed by atoms with E-state index < -0.39 is 0 Å². The van der Waals surface area contributed by atoms with Crippen LogP contribution in [0.1, 0.15) is 11.1 Å². The van der Waals surface area contributed by atoms with Crippen molar-refractivity contribution in [3.05, 3.63) is 40.5 Å². The summed E-state index contributed by atoms with van der Waals surface area (Å²) in [5, 5.41) is 9.48. The lowest BCUT2D eigenvalue weighted by atomic mass is 10.1. The zero-order chi connectivity index (χ0) is 10.6. The fourth-order valence-electron chi connectivity index (χ4n) is 1.00. The molecule has 0 bridgehead atoms. The molecule has 1 aromatic carbocycles. The van der Waals surface area contributed by atoms with Gasteiger partial charge in [0.2, 0.25) is 0 Å². The Kier molecular flexibility index (Phi) is 3.55. The lowest BCUT2D eigenvalue weighted by molar-refractivity contribution is 0.567. The molecule has 0 aliphatic rings. The van der Waals surface area contributed by atoms with Gasteiger partial charge in [0.1, 0.15) is 0 Å². The molecular formula is C11H11ClN2. The standard InChI is InChI=1S/C11H11ClN2/c1-14(2)6-5-9-7-11(12)4-3-10(9)8-13/h3-7H,1-2H3. The molecule has 2 nitrogen and oxygen atoms in total. The molecular weight excluding hydrogens is 196 g/mol. The van der Waals surface area contributed by atoms with E-state index >= 15 is 0 Å². The number of hydrogen-bond donors (Lipinski definition) is 0. The normalized spacial score (nSPS) is 10.1. The van der Waals surface area contributed by atoms with E-state index in [0.29, 0.717) is 10.6 Å². The van der Waals surface area contributed by atoms with E-state index in [1.165, 1.54) is 0 Å². The van der Waals surface area contributed by atoms with E-state index in [1.54, 1.807) is 18.2 Å². The highest BCUT2D eigenvalue weighted by Gasteiger charge is 1.98. The maximum atomic E-state index is 8.83. The first-order chi connectivity index (χ1) is 6.63. The number of hydrogen-bond acceptors (Lipinski definition) is 2. The van der Waals surface area contributed by atoms with Crippen LogP contribution in [0, 0.1) is 11.3 Å². The Morgan fingerprint density at radius 1 is 1.43 bits per heavy atom. The minimum atomic E-state index is 0.632. The van der Waals surface area contributed by atoms with Gasteiger partial charge < -0.3 is 4.90 Å². The lowest BCUT2D eigenvalue weighted by Gasteiger charge is -2.04. The van der Waals surface area contributed by atoms with Crippen molar-refractivity contribution in [1.29, 1.82) is 5.26 Å². The molecule has 0 aliphatic carbocycles. The molecule has 0 amide bonds. The predicted molar refractivity (Wildman–Crippen MR) is 58.9 cm³/mol. The Balaban J connectivity index is 3.06. The Labute approximate surface area is 89.0 Å². The van der Waals surface area contributed by atoms with Crippen molar-refractivity contribution in [3.8, 4) is 6.07 Å². The first-order valence-electron chi connectivity index (χ1n) is 4.18. The van der Waals surface area contributed by atoms with Crippen LogP contribution in [0.3, 0.4) is 0 Å². The van der Waals surface area contributed by atoms with Gasteiger partial charge in [0.05, 0.1) is 11.6 Å². The van der Waals surface area contributed by atoms with Gasteiger partial charge in [-0.05, 0) is 36.0 Å².